The second-order valence-electron chi connectivity index (χ2n) is 6.70. The minimum atomic E-state index is 0.305. The van der Waals surface area contributed by atoms with Crippen molar-refractivity contribution in [2.24, 2.45) is 11.1 Å². The van der Waals surface area contributed by atoms with Gasteiger partial charge in [0.05, 0.1) is 0 Å². The van der Waals surface area contributed by atoms with Crippen LogP contribution in [0.2, 0.25) is 0 Å². The van der Waals surface area contributed by atoms with Crippen LogP contribution in [0.1, 0.15) is 40.0 Å². The van der Waals surface area contributed by atoms with Crippen LogP contribution in [0.4, 0.5) is 0 Å². The standard InChI is InChI=1S/C14H29N3/c1-4-16-8-6-14(11-15,7-9-16)17-10-5-13(2,3)12-17/h4-12,15H2,1-3H3. The minimum Gasteiger partial charge on any atom is -0.329 e. The summed E-state index contributed by atoms with van der Waals surface area (Å²) in [4.78, 5) is 5.25. The lowest BCUT2D eigenvalue weighted by Gasteiger charge is -2.47. The molecule has 0 aromatic carbocycles. The molecule has 17 heavy (non-hydrogen) atoms. The van der Waals surface area contributed by atoms with Crippen LogP contribution in [-0.2, 0) is 0 Å². The summed E-state index contributed by atoms with van der Waals surface area (Å²) >= 11 is 0. The van der Waals surface area contributed by atoms with E-state index >= 15 is 0 Å². The highest BCUT2D eigenvalue weighted by Crippen LogP contribution is 2.37. The van der Waals surface area contributed by atoms with Gasteiger partial charge >= 0.3 is 0 Å². The molecule has 100 valence electrons. The van der Waals surface area contributed by atoms with Crippen molar-refractivity contribution >= 4 is 0 Å². The van der Waals surface area contributed by atoms with E-state index in [0.717, 1.165) is 6.54 Å². The first-order chi connectivity index (χ1) is 8.01. The SMILES string of the molecule is CCN1CCC(CN)(N2CCC(C)(C)C2)CC1. The van der Waals surface area contributed by atoms with Crippen LogP contribution in [0, 0.1) is 5.41 Å². The monoisotopic (exact) mass is 239 g/mol. The van der Waals surface area contributed by atoms with Crippen molar-refractivity contribution in [3.63, 3.8) is 0 Å². The molecule has 2 heterocycles. The number of hydrogen-bond donors (Lipinski definition) is 1. The fourth-order valence-corrected chi connectivity index (χ4v) is 3.45. The van der Waals surface area contributed by atoms with Crippen LogP contribution in [0.25, 0.3) is 0 Å². The van der Waals surface area contributed by atoms with E-state index in [1.165, 1.54) is 52.0 Å². The number of nitrogens with two attached hydrogens (primary N) is 1. The third kappa shape index (κ3) is 2.67. The Balaban J connectivity index is 2.01. The molecule has 2 saturated heterocycles. The Hall–Kier alpha value is -0.120. The first kappa shape index (κ1) is 13.3. The second kappa shape index (κ2) is 4.87. The molecular weight excluding hydrogens is 210 g/mol. The second-order valence-corrected chi connectivity index (χ2v) is 6.70. The van der Waals surface area contributed by atoms with E-state index in [4.69, 9.17) is 5.73 Å². The third-order valence-electron chi connectivity index (χ3n) is 4.96. The molecule has 0 spiro atoms. The molecule has 2 aliphatic heterocycles. The maximum Gasteiger partial charge on any atom is 0.0356 e. The van der Waals surface area contributed by atoms with Crippen molar-refractivity contribution in [2.75, 3.05) is 39.3 Å². The molecule has 2 rings (SSSR count). The number of nitrogens with zero attached hydrogens (tertiary/aromatic N) is 2. The summed E-state index contributed by atoms with van der Waals surface area (Å²) in [5.74, 6) is 0. The summed E-state index contributed by atoms with van der Waals surface area (Å²) in [6.07, 6.45) is 3.84. The van der Waals surface area contributed by atoms with E-state index in [-0.39, 0.29) is 0 Å². The minimum absolute atomic E-state index is 0.305. The molecular formula is C14H29N3. The molecule has 0 unspecified atom stereocenters. The molecule has 2 aliphatic rings. The quantitative estimate of drug-likeness (QED) is 0.811. The van der Waals surface area contributed by atoms with Crippen molar-refractivity contribution < 1.29 is 0 Å². The van der Waals surface area contributed by atoms with E-state index in [1.807, 2.05) is 0 Å². The Morgan fingerprint density at radius 1 is 1.06 bits per heavy atom. The van der Waals surface area contributed by atoms with Gasteiger partial charge in [-0.3, -0.25) is 4.90 Å². The van der Waals surface area contributed by atoms with Gasteiger partial charge in [-0.15, -0.1) is 0 Å². The largest absolute Gasteiger partial charge is 0.329 e. The lowest BCUT2D eigenvalue weighted by Crippen LogP contribution is -2.58. The predicted octanol–water partition coefficient (Wildman–Crippen LogP) is 1.53. The highest BCUT2D eigenvalue weighted by Gasteiger charge is 2.43. The van der Waals surface area contributed by atoms with E-state index in [0.29, 0.717) is 11.0 Å². The van der Waals surface area contributed by atoms with Crippen molar-refractivity contribution in [1.29, 1.82) is 0 Å². The molecule has 0 aliphatic carbocycles. The Morgan fingerprint density at radius 2 is 1.71 bits per heavy atom. The zero-order valence-electron chi connectivity index (χ0n) is 11.8. The summed E-state index contributed by atoms with van der Waals surface area (Å²) < 4.78 is 0. The lowest BCUT2D eigenvalue weighted by atomic mass is 9.85. The Morgan fingerprint density at radius 3 is 2.12 bits per heavy atom. The average molecular weight is 239 g/mol. The zero-order valence-corrected chi connectivity index (χ0v) is 11.8. The van der Waals surface area contributed by atoms with Crippen LogP contribution in [0.15, 0.2) is 0 Å². The van der Waals surface area contributed by atoms with Crippen LogP contribution in [0.5, 0.6) is 0 Å². The summed E-state index contributed by atoms with van der Waals surface area (Å²) in [6, 6.07) is 0. The summed E-state index contributed by atoms with van der Waals surface area (Å²) in [5, 5.41) is 0. The van der Waals surface area contributed by atoms with Gasteiger partial charge in [-0.2, -0.15) is 0 Å². The first-order valence-electron chi connectivity index (χ1n) is 7.19. The number of piperidine rings is 1. The maximum atomic E-state index is 6.13. The van der Waals surface area contributed by atoms with Crippen molar-refractivity contribution in [3.05, 3.63) is 0 Å². The van der Waals surface area contributed by atoms with Gasteiger partial charge in [-0.25, -0.2) is 0 Å². The molecule has 0 amide bonds. The van der Waals surface area contributed by atoms with E-state index in [1.54, 1.807) is 0 Å². The molecule has 0 bridgehead atoms. The highest BCUT2D eigenvalue weighted by atomic mass is 15.3. The van der Waals surface area contributed by atoms with Gasteiger partial charge in [0.15, 0.2) is 0 Å². The smallest absolute Gasteiger partial charge is 0.0356 e. The summed E-state index contributed by atoms with van der Waals surface area (Å²) in [6.45, 7) is 14.0. The molecule has 2 fully saturated rings. The molecule has 3 nitrogen and oxygen atoms in total. The fraction of sp³-hybridized carbons (Fsp3) is 1.00. The Bertz CT molecular complexity index is 254. The van der Waals surface area contributed by atoms with E-state index < -0.39 is 0 Å². The molecule has 2 N–H and O–H groups in total. The lowest BCUT2D eigenvalue weighted by molar-refractivity contribution is 0.0390. The third-order valence-corrected chi connectivity index (χ3v) is 4.96. The first-order valence-corrected chi connectivity index (χ1v) is 7.19. The zero-order chi connectivity index (χ0) is 12.5. The molecule has 0 aromatic rings. The summed E-state index contributed by atoms with van der Waals surface area (Å²) in [7, 11) is 0. The van der Waals surface area contributed by atoms with Gasteiger partial charge in [0, 0.05) is 18.6 Å². The number of likely N-dealkylation sites (tertiary alicyclic amines) is 2. The number of rotatable bonds is 3. The van der Waals surface area contributed by atoms with Gasteiger partial charge in [0.25, 0.3) is 0 Å². The van der Waals surface area contributed by atoms with E-state index in [9.17, 15) is 0 Å². The normalized spacial score (nSPS) is 29.6. The van der Waals surface area contributed by atoms with Crippen LogP contribution >= 0.6 is 0 Å². The highest BCUT2D eigenvalue weighted by molar-refractivity contribution is 5.00. The molecule has 0 saturated carbocycles. The Labute approximate surface area is 106 Å². The van der Waals surface area contributed by atoms with Gasteiger partial charge in [0.1, 0.15) is 0 Å². The molecule has 0 radical (unpaired) electrons. The predicted molar refractivity (Wildman–Crippen MR) is 73.1 cm³/mol. The molecule has 0 atom stereocenters. The van der Waals surface area contributed by atoms with Gasteiger partial charge in [-0.05, 0) is 50.9 Å². The van der Waals surface area contributed by atoms with Crippen LogP contribution in [-0.4, -0.2) is 54.6 Å². The van der Waals surface area contributed by atoms with Crippen LogP contribution < -0.4 is 5.73 Å². The Kier molecular flexibility index (Phi) is 3.81. The van der Waals surface area contributed by atoms with Crippen molar-refractivity contribution in [2.45, 2.75) is 45.6 Å². The topological polar surface area (TPSA) is 32.5 Å². The van der Waals surface area contributed by atoms with Crippen molar-refractivity contribution in [3.8, 4) is 0 Å². The van der Waals surface area contributed by atoms with Crippen LogP contribution in [0.3, 0.4) is 0 Å². The fourth-order valence-electron chi connectivity index (χ4n) is 3.45. The average Bonchev–Trinajstić information content (AvgIpc) is 2.70. The molecule has 3 heteroatoms. The summed E-state index contributed by atoms with van der Waals surface area (Å²) in [5.41, 5.74) is 6.93. The molecule has 0 aromatic heterocycles. The van der Waals surface area contributed by atoms with Gasteiger partial charge < -0.3 is 10.6 Å². The van der Waals surface area contributed by atoms with E-state index in [2.05, 4.69) is 30.6 Å². The maximum absolute atomic E-state index is 6.13. The van der Waals surface area contributed by atoms with Gasteiger partial charge in [0.2, 0.25) is 0 Å². The van der Waals surface area contributed by atoms with Crippen molar-refractivity contribution in [1.82, 2.24) is 9.80 Å². The van der Waals surface area contributed by atoms with Gasteiger partial charge in [-0.1, -0.05) is 20.8 Å². The number of hydrogen-bond acceptors (Lipinski definition) is 3.